The first-order valence-electron chi connectivity index (χ1n) is 7.86. The zero-order valence-corrected chi connectivity index (χ0v) is 12.5. The molecule has 0 aromatic carbocycles. The zero-order valence-electron chi connectivity index (χ0n) is 12.5. The van der Waals surface area contributed by atoms with Crippen molar-refractivity contribution in [2.45, 2.75) is 78.1 Å². The van der Waals surface area contributed by atoms with E-state index in [4.69, 9.17) is 0 Å². The first kappa shape index (κ1) is 17.2. The van der Waals surface area contributed by atoms with E-state index in [-0.39, 0.29) is 0 Å². The van der Waals surface area contributed by atoms with Crippen molar-refractivity contribution in [3.05, 3.63) is 36.5 Å². The Morgan fingerprint density at radius 1 is 0.556 bits per heavy atom. The Morgan fingerprint density at radius 2 is 1.11 bits per heavy atom. The van der Waals surface area contributed by atoms with Crippen molar-refractivity contribution < 1.29 is 0 Å². The van der Waals surface area contributed by atoms with Crippen LogP contribution in [0.15, 0.2) is 36.5 Å². The summed E-state index contributed by atoms with van der Waals surface area (Å²) in [4.78, 5) is 0. The van der Waals surface area contributed by atoms with Crippen LogP contribution in [-0.4, -0.2) is 0 Å². The third-order valence-electron chi connectivity index (χ3n) is 3.00. The van der Waals surface area contributed by atoms with Gasteiger partial charge in [0, 0.05) is 0 Å². The molecule has 0 aliphatic heterocycles. The van der Waals surface area contributed by atoms with E-state index in [9.17, 15) is 0 Å². The second-order valence-electron chi connectivity index (χ2n) is 4.85. The van der Waals surface area contributed by atoms with Gasteiger partial charge in [-0.05, 0) is 32.1 Å². The molecule has 0 unspecified atom stereocenters. The van der Waals surface area contributed by atoms with E-state index in [1.54, 1.807) is 0 Å². The molecular formula is C18H32. The van der Waals surface area contributed by atoms with Crippen molar-refractivity contribution in [3.63, 3.8) is 0 Å². The van der Waals surface area contributed by atoms with E-state index in [1.807, 2.05) is 0 Å². The molecule has 0 heterocycles. The predicted octanol–water partition coefficient (Wildman–Crippen LogP) is 6.60. The van der Waals surface area contributed by atoms with Gasteiger partial charge in [0.05, 0.1) is 0 Å². The fraction of sp³-hybridized carbons (Fsp3) is 0.667. The minimum atomic E-state index is 1.08. The summed E-state index contributed by atoms with van der Waals surface area (Å²) in [7, 11) is 0. The molecule has 0 saturated heterocycles. The summed E-state index contributed by atoms with van der Waals surface area (Å²) in [6, 6.07) is 0. The molecule has 104 valence electrons. The van der Waals surface area contributed by atoms with E-state index < -0.39 is 0 Å². The van der Waals surface area contributed by atoms with E-state index in [2.05, 4.69) is 50.3 Å². The van der Waals surface area contributed by atoms with Crippen LogP contribution in [0.2, 0.25) is 0 Å². The van der Waals surface area contributed by atoms with Gasteiger partial charge in [-0.3, -0.25) is 0 Å². The maximum atomic E-state index is 2.34. The standard InChI is InChI=1S/C18H32/c1-3-5-7-9-11-13-15-17-18-16-14-12-10-8-6-4-2/h5,7,11,13,17-18H,3-4,6,8-10,12,14-16H2,1-2H3/b7-5-,13-11-,18-17-. The van der Waals surface area contributed by atoms with Gasteiger partial charge in [0.25, 0.3) is 0 Å². The van der Waals surface area contributed by atoms with Crippen molar-refractivity contribution >= 4 is 0 Å². The maximum Gasteiger partial charge on any atom is -0.0169 e. The monoisotopic (exact) mass is 248 g/mol. The molecule has 0 aromatic rings. The first-order chi connectivity index (χ1) is 8.91. The Hall–Kier alpha value is -0.780. The normalized spacial score (nSPS) is 12.3. The third-order valence-corrected chi connectivity index (χ3v) is 3.00. The molecule has 0 N–H and O–H groups in total. The van der Waals surface area contributed by atoms with Gasteiger partial charge in [-0.25, -0.2) is 0 Å². The minimum absolute atomic E-state index is 1.08. The highest BCUT2D eigenvalue weighted by Crippen LogP contribution is 2.07. The molecular weight excluding hydrogens is 216 g/mol. The van der Waals surface area contributed by atoms with E-state index >= 15 is 0 Å². The lowest BCUT2D eigenvalue weighted by atomic mass is 10.1. The Morgan fingerprint density at radius 3 is 1.78 bits per heavy atom. The number of rotatable bonds is 12. The van der Waals surface area contributed by atoms with Crippen LogP contribution in [0.1, 0.15) is 78.1 Å². The Bertz CT molecular complexity index is 220. The fourth-order valence-electron chi connectivity index (χ4n) is 1.87. The van der Waals surface area contributed by atoms with Crippen molar-refractivity contribution in [1.29, 1.82) is 0 Å². The van der Waals surface area contributed by atoms with Gasteiger partial charge in [0.2, 0.25) is 0 Å². The first-order valence-corrected chi connectivity index (χ1v) is 7.86. The molecule has 18 heavy (non-hydrogen) atoms. The largest absolute Gasteiger partial charge is 0.0885 e. The lowest BCUT2D eigenvalue weighted by Gasteiger charge is -1.97. The smallest absolute Gasteiger partial charge is 0.0169 e. The third kappa shape index (κ3) is 15.2. The quantitative estimate of drug-likeness (QED) is 0.270. The average Bonchev–Trinajstić information content (AvgIpc) is 2.39. The molecule has 0 atom stereocenters. The summed E-state index contributed by atoms with van der Waals surface area (Å²) in [5.74, 6) is 0. The topological polar surface area (TPSA) is 0 Å². The Labute approximate surface area is 115 Å². The van der Waals surface area contributed by atoms with Gasteiger partial charge >= 0.3 is 0 Å². The molecule has 0 radical (unpaired) electrons. The molecule has 0 aliphatic carbocycles. The van der Waals surface area contributed by atoms with Gasteiger partial charge in [0.1, 0.15) is 0 Å². The van der Waals surface area contributed by atoms with Gasteiger partial charge in [0.15, 0.2) is 0 Å². The molecule has 0 aliphatic rings. The van der Waals surface area contributed by atoms with Crippen LogP contribution in [0, 0.1) is 0 Å². The van der Waals surface area contributed by atoms with Crippen LogP contribution < -0.4 is 0 Å². The molecule has 0 fully saturated rings. The highest BCUT2D eigenvalue weighted by molar-refractivity contribution is 4.96. The Balaban J connectivity index is 3.20. The number of hydrogen-bond donors (Lipinski definition) is 0. The SMILES string of the molecule is CC/C=C\C/C=C\C/C=C\CCCCCCCC. The van der Waals surface area contributed by atoms with Crippen LogP contribution >= 0.6 is 0 Å². The Kier molecular flexibility index (Phi) is 15.5. The van der Waals surface area contributed by atoms with E-state index in [0.29, 0.717) is 0 Å². The van der Waals surface area contributed by atoms with Gasteiger partial charge < -0.3 is 0 Å². The van der Waals surface area contributed by atoms with Crippen LogP contribution in [0.5, 0.6) is 0 Å². The second-order valence-corrected chi connectivity index (χ2v) is 4.85. The van der Waals surface area contributed by atoms with E-state index in [0.717, 1.165) is 19.3 Å². The van der Waals surface area contributed by atoms with Gasteiger partial charge in [-0.2, -0.15) is 0 Å². The number of unbranched alkanes of at least 4 members (excludes halogenated alkanes) is 6. The van der Waals surface area contributed by atoms with Crippen LogP contribution in [0.25, 0.3) is 0 Å². The lowest BCUT2D eigenvalue weighted by Crippen LogP contribution is -1.77. The molecule has 0 bridgehead atoms. The predicted molar refractivity (Wildman–Crippen MR) is 84.9 cm³/mol. The number of allylic oxidation sites excluding steroid dienone is 6. The fourth-order valence-corrected chi connectivity index (χ4v) is 1.87. The molecule has 0 aromatic heterocycles. The van der Waals surface area contributed by atoms with Crippen molar-refractivity contribution in [2.75, 3.05) is 0 Å². The second kappa shape index (κ2) is 16.2. The summed E-state index contributed by atoms with van der Waals surface area (Å²) in [5, 5.41) is 0. The van der Waals surface area contributed by atoms with Crippen LogP contribution in [0.3, 0.4) is 0 Å². The summed E-state index contributed by atoms with van der Waals surface area (Å²) >= 11 is 0. The molecule has 0 heteroatoms. The molecule has 0 nitrogen and oxygen atoms in total. The maximum absolute atomic E-state index is 2.34. The highest BCUT2D eigenvalue weighted by atomic mass is 13.9. The molecule has 0 amide bonds. The van der Waals surface area contributed by atoms with Crippen LogP contribution in [-0.2, 0) is 0 Å². The van der Waals surface area contributed by atoms with Crippen molar-refractivity contribution in [3.8, 4) is 0 Å². The van der Waals surface area contributed by atoms with Gasteiger partial charge in [-0.1, -0.05) is 82.4 Å². The van der Waals surface area contributed by atoms with Crippen molar-refractivity contribution in [2.24, 2.45) is 0 Å². The minimum Gasteiger partial charge on any atom is -0.0885 e. The average molecular weight is 248 g/mol. The zero-order chi connectivity index (χ0) is 13.3. The lowest BCUT2D eigenvalue weighted by molar-refractivity contribution is 0.611. The summed E-state index contributed by atoms with van der Waals surface area (Å²) in [6.07, 6.45) is 26.6. The highest BCUT2D eigenvalue weighted by Gasteiger charge is 1.87. The summed E-state index contributed by atoms with van der Waals surface area (Å²) in [6.45, 7) is 4.44. The summed E-state index contributed by atoms with van der Waals surface area (Å²) < 4.78 is 0. The van der Waals surface area contributed by atoms with Gasteiger partial charge in [-0.15, -0.1) is 0 Å². The van der Waals surface area contributed by atoms with Crippen LogP contribution in [0.4, 0.5) is 0 Å². The number of hydrogen-bond acceptors (Lipinski definition) is 0. The summed E-state index contributed by atoms with van der Waals surface area (Å²) in [5.41, 5.74) is 0. The molecule has 0 spiro atoms. The van der Waals surface area contributed by atoms with E-state index in [1.165, 1.54) is 44.9 Å². The molecule has 0 rings (SSSR count). The van der Waals surface area contributed by atoms with Crippen molar-refractivity contribution in [1.82, 2.24) is 0 Å². The molecule has 0 saturated carbocycles.